The van der Waals surface area contributed by atoms with Gasteiger partial charge in [0.05, 0.1) is 25.4 Å². The van der Waals surface area contributed by atoms with Crippen molar-refractivity contribution in [2.24, 2.45) is 0 Å². The fraction of sp³-hybridized carbons (Fsp3) is 0.694. The highest BCUT2D eigenvalue weighted by Gasteiger charge is 2.47. The first-order valence-corrected chi connectivity index (χ1v) is 33.3. The summed E-state index contributed by atoms with van der Waals surface area (Å²) in [5.74, 6) is -1.24. The maximum absolute atomic E-state index is 13.5. The lowest BCUT2D eigenvalue weighted by Crippen LogP contribution is -2.61. The van der Waals surface area contributed by atoms with E-state index in [1.807, 2.05) is 6.08 Å². The van der Waals surface area contributed by atoms with Crippen molar-refractivity contribution in [3.63, 3.8) is 0 Å². The SMILES string of the molecule is CC/C=C\C/C=C\C/C=C\C/C=C\C/C=C\CCCCCCCCC(O)C(=O)NC(COC1OC(CO)C(O)C(O)C1OC(=O)CCCCC/C=C\C/C=C\C/C=C\C/C=C\CCCCC)C(O)/C=C/CCCCCCCCCCCCC. The Morgan fingerprint density at radius 1 is 0.482 bits per heavy atom. The summed E-state index contributed by atoms with van der Waals surface area (Å²) in [5.41, 5.74) is 0. The molecule has 1 heterocycles. The van der Waals surface area contributed by atoms with E-state index in [9.17, 15) is 35.1 Å². The second-order valence-electron chi connectivity index (χ2n) is 22.5. The van der Waals surface area contributed by atoms with Crippen molar-refractivity contribution in [1.82, 2.24) is 5.32 Å². The summed E-state index contributed by atoms with van der Waals surface area (Å²) in [5, 5.41) is 57.1. The molecule has 83 heavy (non-hydrogen) atoms. The fourth-order valence-electron chi connectivity index (χ4n) is 9.60. The van der Waals surface area contributed by atoms with Gasteiger partial charge in [-0.15, -0.1) is 0 Å². The van der Waals surface area contributed by atoms with E-state index in [-0.39, 0.29) is 19.4 Å². The molecule has 0 bridgehead atoms. The second-order valence-corrected chi connectivity index (χ2v) is 22.5. The van der Waals surface area contributed by atoms with Crippen LogP contribution in [0.15, 0.2) is 122 Å². The average Bonchev–Trinajstić information content (AvgIpc) is 3.54. The molecule has 1 saturated heterocycles. The molecule has 11 nitrogen and oxygen atoms in total. The van der Waals surface area contributed by atoms with Crippen LogP contribution in [0.2, 0.25) is 0 Å². The molecule has 474 valence electrons. The average molecular weight is 1160 g/mol. The van der Waals surface area contributed by atoms with Gasteiger partial charge in [0, 0.05) is 6.42 Å². The van der Waals surface area contributed by atoms with Crippen molar-refractivity contribution in [2.45, 2.75) is 307 Å². The number of ether oxygens (including phenoxy) is 3. The fourth-order valence-corrected chi connectivity index (χ4v) is 9.60. The summed E-state index contributed by atoms with van der Waals surface area (Å²) in [4.78, 5) is 26.6. The number of aliphatic hydroxyl groups is 5. The van der Waals surface area contributed by atoms with Gasteiger partial charge >= 0.3 is 5.97 Å². The normalized spacial score (nSPS) is 19.3. The monoisotopic (exact) mass is 1160 g/mol. The Hall–Kier alpha value is -3.94. The summed E-state index contributed by atoms with van der Waals surface area (Å²) < 4.78 is 17.6. The first kappa shape index (κ1) is 77.1. The van der Waals surface area contributed by atoms with E-state index in [1.165, 1.54) is 77.0 Å². The van der Waals surface area contributed by atoms with Crippen molar-refractivity contribution >= 4 is 11.9 Å². The second kappa shape index (κ2) is 58.4. The Morgan fingerprint density at radius 2 is 0.867 bits per heavy atom. The summed E-state index contributed by atoms with van der Waals surface area (Å²) >= 11 is 0. The van der Waals surface area contributed by atoms with Gasteiger partial charge in [-0.3, -0.25) is 9.59 Å². The molecular formula is C72H121NO10. The number of rotatable bonds is 55. The molecule has 0 aliphatic carbocycles. The Labute approximate surface area is 506 Å². The van der Waals surface area contributed by atoms with E-state index in [0.29, 0.717) is 12.8 Å². The third-order valence-corrected chi connectivity index (χ3v) is 14.8. The van der Waals surface area contributed by atoms with Crippen LogP contribution in [0, 0.1) is 0 Å². The predicted octanol–water partition coefficient (Wildman–Crippen LogP) is 16.6. The minimum absolute atomic E-state index is 0.0785. The standard InChI is InChI=1S/C72H121NO10/c1-4-7-10-13-16-19-22-25-27-29-31-32-33-35-36-38-41-44-47-50-53-56-59-65(76)71(80)73-63(64(75)58-55-52-49-46-43-40-24-21-18-15-12-9-6-3)62-81-72-70(69(79)68(78)66(61-74)82-72)83-67(77)60-57-54-51-48-45-42-39-37-34-30-28-26-23-20-17-14-11-8-5-2/h7,10,16-17,19-20,25-28,31-32,34-37,42,45,55,58,63-66,68-70,72,74-76,78-79H,4-6,8-9,11-15,18,21-24,29-30,33,38-41,43-44,46-54,56-57,59-62H2,1-3H3,(H,73,80)/b10-7-,19-16-,20-17-,27-25-,28-26-,32-31-,36-35-,37-34-,45-42-,58-55+. The number of nitrogens with one attached hydrogen (secondary N) is 1. The molecule has 8 unspecified atom stereocenters. The number of carbonyl (C=O) groups is 2. The number of esters is 1. The van der Waals surface area contributed by atoms with Crippen molar-refractivity contribution < 1.29 is 49.3 Å². The lowest BCUT2D eigenvalue weighted by atomic mass is 9.99. The zero-order valence-corrected chi connectivity index (χ0v) is 52.5. The van der Waals surface area contributed by atoms with Gasteiger partial charge in [0.15, 0.2) is 12.4 Å². The lowest BCUT2D eigenvalue weighted by molar-refractivity contribution is -0.305. The zero-order chi connectivity index (χ0) is 60.3. The minimum Gasteiger partial charge on any atom is -0.454 e. The summed E-state index contributed by atoms with van der Waals surface area (Å²) in [7, 11) is 0. The molecule has 0 aromatic carbocycles. The smallest absolute Gasteiger partial charge is 0.306 e. The third kappa shape index (κ3) is 46.0. The summed E-state index contributed by atoms with van der Waals surface area (Å²) in [6, 6.07) is -1.05. The van der Waals surface area contributed by atoms with Gasteiger partial charge in [-0.2, -0.15) is 0 Å². The molecule has 1 fully saturated rings. The van der Waals surface area contributed by atoms with Crippen molar-refractivity contribution in [3.8, 4) is 0 Å². The highest BCUT2D eigenvalue weighted by molar-refractivity contribution is 5.80. The molecule has 6 N–H and O–H groups in total. The highest BCUT2D eigenvalue weighted by atomic mass is 16.7. The van der Waals surface area contributed by atoms with Crippen LogP contribution in [-0.2, 0) is 23.8 Å². The van der Waals surface area contributed by atoms with Gasteiger partial charge in [0.1, 0.15) is 24.4 Å². The van der Waals surface area contributed by atoms with Crippen LogP contribution in [-0.4, -0.2) is 99.6 Å². The number of hydrogen-bond donors (Lipinski definition) is 6. The molecule has 1 aliphatic heterocycles. The molecule has 0 radical (unpaired) electrons. The van der Waals surface area contributed by atoms with E-state index in [2.05, 4.69) is 135 Å². The van der Waals surface area contributed by atoms with Gasteiger partial charge in [-0.25, -0.2) is 0 Å². The molecular weight excluding hydrogens is 1040 g/mol. The molecule has 0 aromatic heterocycles. The van der Waals surface area contributed by atoms with Crippen LogP contribution in [0.1, 0.15) is 258 Å². The van der Waals surface area contributed by atoms with Crippen molar-refractivity contribution in [2.75, 3.05) is 13.2 Å². The molecule has 0 saturated carbocycles. The van der Waals surface area contributed by atoms with Gasteiger partial charge in [-0.05, 0) is 116 Å². The van der Waals surface area contributed by atoms with Crippen LogP contribution < -0.4 is 5.32 Å². The minimum atomic E-state index is -1.64. The van der Waals surface area contributed by atoms with E-state index < -0.39 is 67.4 Å². The molecule has 0 spiro atoms. The maximum Gasteiger partial charge on any atom is 0.306 e. The van der Waals surface area contributed by atoms with E-state index >= 15 is 0 Å². The quantitative estimate of drug-likeness (QED) is 0.0195. The first-order valence-electron chi connectivity index (χ1n) is 33.3. The molecule has 1 aliphatic rings. The molecule has 8 atom stereocenters. The number of hydrogen-bond acceptors (Lipinski definition) is 10. The van der Waals surface area contributed by atoms with Crippen LogP contribution in [0.25, 0.3) is 0 Å². The van der Waals surface area contributed by atoms with Crippen LogP contribution in [0.5, 0.6) is 0 Å². The Bertz CT molecular complexity index is 1810. The number of unbranched alkanes of at least 4 members (excludes halogenated alkanes) is 23. The molecule has 11 heteroatoms. The highest BCUT2D eigenvalue weighted by Crippen LogP contribution is 2.26. The Balaban J connectivity index is 2.69. The van der Waals surface area contributed by atoms with Gasteiger partial charge in [-0.1, -0.05) is 258 Å². The third-order valence-electron chi connectivity index (χ3n) is 14.8. The van der Waals surface area contributed by atoms with Gasteiger partial charge in [0.25, 0.3) is 0 Å². The van der Waals surface area contributed by atoms with Gasteiger partial charge < -0.3 is 45.1 Å². The number of carbonyl (C=O) groups excluding carboxylic acids is 2. The maximum atomic E-state index is 13.5. The topological polar surface area (TPSA) is 175 Å². The predicted molar refractivity (Wildman–Crippen MR) is 347 cm³/mol. The van der Waals surface area contributed by atoms with E-state index in [4.69, 9.17) is 14.2 Å². The molecule has 1 rings (SSSR count). The van der Waals surface area contributed by atoms with Crippen LogP contribution in [0.3, 0.4) is 0 Å². The zero-order valence-electron chi connectivity index (χ0n) is 52.5. The summed E-state index contributed by atoms with van der Waals surface area (Å²) in [6.07, 6.45) is 70.8. The van der Waals surface area contributed by atoms with E-state index in [1.54, 1.807) is 6.08 Å². The number of aliphatic hydroxyl groups excluding tert-OH is 5. The number of allylic oxidation sites excluding steroid dienone is 19. The van der Waals surface area contributed by atoms with Crippen molar-refractivity contribution in [3.05, 3.63) is 122 Å². The summed E-state index contributed by atoms with van der Waals surface area (Å²) in [6.45, 7) is 5.63. The Morgan fingerprint density at radius 3 is 1.33 bits per heavy atom. The lowest BCUT2D eigenvalue weighted by Gasteiger charge is -2.41. The Kier molecular flexibility index (Phi) is 54.3. The van der Waals surface area contributed by atoms with E-state index in [0.717, 1.165) is 135 Å². The largest absolute Gasteiger partial charge is 0.454 e. The van der Waals surface area contributed by atoms with Gasteiger partial charge in [0.2, 0.25) is 5.91 Å². The van der Waals surface area contributed by atoms with Crippen LogP contribution in [0.4, 0.5) is 0 Å². The van der Waals surface area contributed by atoms with Crippen molar-refractivity contribution in [1.29, 1.82) is 0 Å². The molecule has 1 amide bonds. The number of amides is 1. The molecule has 0 aromatic rings. The van der Waals surface area contributed by atoms with Crippen LogP contribution >= 0.6 is 0 Å². The first-order chi connectivity index (χ1) is 40.7.